The van der Waals surface area contributed by atoms with Crippen LogP contribution in [-0.2, 0) is 4.74 Å². The third-order valence-electron chi connectivity index (χ3n) is 3.09. The van der Waals surface area contributed by atoms with Crippen molar-refractivity contribution in [1.29, 1.82) is 0 Å². The van der Waals surface area contributed by atoms with Crippen molar-refractivity contribution in [3.8, 4) is 10.4 Å². The SMILES string of the molecule is CCOC(=O)c1sc(-c2ccc(Br)cc2C)c(C)c1N. The van der Waals surface area contributed by atoms with Gasteiger partial charge in [-0.3, -0.25) is 0 Å². The van der Waals surface area contributed by atoms with Crippen molar-refractivity contribution in [2.24, 2.45) is 0 Å². The molecule has 3 nitrogen and oxygen atoms in total. The van der Waals surface area contributed by atoms with Gasteiger partial charge in [0.05, 0.1) is 12.3 Å². The number of benzene rings is 1. The monoisotopic (exact) mass is 353 g/mol. The molecule has 2 rings (SSSR count). The molecular formula is C15H16BrNO2S. The van der Waals surface area contributed by atoms with E-state index in [2.05, 4.69) is 22.0 Å². The molecule has 2 aromatic rings. The summed E-state index contributed by atoms with van der Waals surface area (Å²) in [6, 6.07) is 6.07. The Balaban J connectivity index is 2.53. The van der Waals surface area contributed by atoms with E-state index in [4.69, 9.17) is 10.5 Å². The molecule has 0 saturated carbocycles. The summed E-state index contributed by atoms with van der Waals surface area (Å²) < 4.78 is 6.08. The average Bonchev–Trinajstić information content (AvgIpc) is 2.67. The number of hydrogen-bond donors (Lipinski definition) is 1. The van der Waals surface area contributed by atoms with Crippen LogP contribution in [0.3, 0.4) is 0 Å². The van der Waals surface area contributed by atoms with E-state index in [1.165, 1.54) is 11.3 Å². The van der Waals surface area contributed by atoms with E-state index in [-0.39, 0.29) is 5.97 Å². The molecule has 0 bridgehead atoms. The van der Waals surface area contributed by atoms with Gasteiger partial charge in [-0.05, 0) is 49.6 Å². The van der Waals surface area contributed by atoms with E-state index in [0.717, 1.165) is 26.0 Å². The number of thiophene rings is 1. The van der Waals surface area contributed by atoms with Crippen LogP contribution in [0.15, 0.2) is 22.7 Å². The molecule has 106 valence electrons. The van der Waals surface area contributed by atoms with E-state index >= 15 is 0 Å². The second-order valence-corrected chi connectivity index (χ2v) is 6.41. The highest BCUT2D eigenvalue weighted by Gasteiger charge is 2.21. The molecule has 0 fully saturated rings. The topological polar surface area (TPSA) is 52.3 Å². The first kappa shape index (κ1) is 15.1. The molecule has 0 spiro atoms. The summed E-state index contributed by atoms with van der Waals surface area (Å²) in [4.78, 5) is 13.4. The highest BCUT2D eigenvalue weighted by atomic mass is 79.9. The number of rotatable bonds is 3. The molecule has 20 heavy (non-hydrogen) atoms. The van der Waals surface area contributed by atoms with Gasteiger partial charge >= 0.3 is 5.97 Å². The van der Waals surface area contributed by atoms with Crippen molar-refractivity contribution in [3.63, 3.8) is 0 Å². The summed E-state index contributed by atoms with van der Waals surface area (Å²) in [5.41, 5.74) is 9.74. The molecule has 0 aliphatic heterocycles. The molecule has 1 aromatic carbocycles. The third-order valence-corrected chi connectivity index (χ3v) is 4.90. The van der Waals surface area contributed by atoms with Crippen molar-refractivity contribution in [2.75, 3.05) is 12.3 Å². The van der Waals surface area contributed by atoms with Crippen LogP contribution >= 0.6 is 27.3 Å². The lowest BCUT2D eigenvalue weighted by Crippen LogP contribution is -2.05. The summed E-state index contributed by atoms with van der Waals surface area (Å²) in [5.74, 6) is -0.348. The molecule has 2 N–H and O–H groups in total. The summed E-state index contributed by atoms with van der Waals surface area (Å²) in [6.45, 7) is 6.11. The molecule has 1 heterocycles. The highest BCUT2D eigenvalue weighted by molar-refractivity contribution is 9.10. The van der Waals surface area contributed by atoms with Crippen LogP contribution in [0.5, 0.6) is 0 Å². The first-order chi connectivity index (χ1) is 9.45. The lowest BCUT2D eigenvalue weighted by Gasteiger charge is -2.05. The number of carbonyl (C=O) groups is 1. The minimum atomic E-state index is -0.348. The van der Waals surface area contributed by atoms with Gasteiger partial charge in [0.25, 0.3) is 0 Å². The molecule has 0 radical (unpaired) electrons. The summed E-state index contributed by atoms with van der Waals surface area (Å²) >= 11 is 4.85. The summed E-state index contributed by atoms with van der Waals surface area (Å²) in [5, 5.41) is 0. The smallest absolute Gasteiger partial charge is 0.350 e. The van der Waals surface area contributed by atoms with Gasteiger partial charge in [-0.15, -0.1) is 11.3 Å². The van der Waals surface area contributed by atoms with Crippen molar-refractivity contribution in [2.45, 2.75) is 20.8 Å². The van der Waals surface area contributed by atoms with Gasteiger partial charge in [0.1, 0.15) is 4.88 Å². The number of nitrogen functional groups attached to an aromatic ring is 1. The number of nitrogens with two attached hydrogens (primary N) is 1. The number of esters is 1. The fourth-order valence-electron chi connectivity index (χ4n) is 2.01. The number of ether oxygens (including phenoxy) is 1. The van der Waals surface area contributed by atoms with Crippen LogP contribution in [0.2, 0.25) is 0 Å². The van der Waals surface area contributed by atoms with E-state index in [0.29, 0.717) is 17.2 Å². The second kappa shape index (κ2) is 5.97. The van der Waals surface area contributed by atoms with E-state index in [1.54, 1.807) is 6.92 Å². The van der Waals surface area contributed by atoms with Gasteiger partial charge in [0.15, 0.2) is 0 Å². The maximum Gasteiger partial charge on any atom is 0.350 e. The molecule has 0 atom stereocenters. The number of carbonyl (C=O) groups excluding carboxylic acids is 1. The van der Waals surface area contributed by atoms with E-state index in [9.17, 15) is 4.79 Å². The van der Waals surface area contributed by atoms with Crippen molar-refractivity contribution in [1.82, 2.24) is 0 Å². The van der Waals surface area contributed by atoms with Gasteiger partial charge in [0, 0.05) is 9.35 Å². The quantitative estimate of drug-likeness (QED) is 0.823. The standard InChI is InChI=1S/C15H16BrNO2S/c1-4-19-15(18)14-12(17)9(3)13(20-14)11-6-5-10(16)7-8(11)2/h5-7H,4,17H2,1-3H3. The fraction of sp³-hybridized carbons (Fsp3) is 0.267. The maximum absolute atomic E-state index is 11.9. The number of halogens is 1. The van der Waals surface area contributed by atoms with Crippen LogP contribution in [0.1, 0.15) is 27.7 Å². The normalized spacial score (nSPS) is 10.6. The predicted octanol–water partition coefficient (Wildman–Crippen LogP) is 4.55. The van der Waals surface area contributed by atoms with Gasteiger partial charge < -0.3 is 10.5 Å². The predicted molar refractivity (Wildman–Crippen MR) is 87.3 cm³/mol. The minimum Gasteiger partial charge on any atom is -0.462 e. The Kier molecular flexibility index (Phi) is 4.50. The third kappa shape index (κ3) is 2.74. The van der Waals surface area contributed by atoms with E-state index in [1.807, 2.05) is 26.0 Å². The van der Waals surface area contributed by atoms with Gasteiger partial charge in [-0.25, -0.2) is 4.79 Å². The molecule has 0 unspecified atom stereocenters. The van der Waals surface area contributed by atoms with Crippen molar-refractivity contribution in [3.05, 3.63) is 38.7 Å². The Morgan fingerprint density at radius 1 is 1.40 bits per heavy atom. The van der Waals surface area contributed by atoms with E-state index < -0.39 is 0 Å². The fourth-order valence-corrected chi connectivity index (χ4v) is 3.70. The van der Waals surface area contributed by atoms with Crippen molar-refractivity contribution < 1.29 is 9.53 Å². The Bertz CT molecular complexity index is 664. The maximum atomic E-state index is 11.9. The minimum absolute atomic E-state index is 0.348. The molecule has 0 saturated heterocycles. The zero-order valence-corrected chi connectivity index (χ0v) is 14.0. The van der Waals surface area contributed by atoms with Gasteiger partial charge in [0.2, 0.25) is 0 Å². The Hall–Kier alpha value is -1.33. The number of anilines is 1. The van der Waals surface area contributed by atoms with Gasteiger partial charge in [-0.1, -0.05) is 22.0 Å². The number of aryl methyl sites for hydroxylation is 1. The second-order valence-electron chi connectivity index (χ2n) is 4.48. The van der Waals surface area contributed by atoms with Crippen LogP contribution in [0.4, 0.5) is 5.69 Å². The lowest BCUT2D eigenvalue weighted by molar-refractivity contribution is 0.0533. The van der Waals surface area contributed by atoms with Crippen LogP contribution in [0.25, 0.3) is 10.4 Å². The zero-order valence-electron chi connectivity index (χ0n) is 11.6. The molecule has 0 aliphatic rings. The van der Waals surface area contributed by atoms with Crippen LogP contribution in [0, 0.1) is 13.8 Å². The Labute approximate surface area is 130 Å². The first-order valence-corrected chi connectivity index (χ1v) is 7.89. The zero-order chi connectivity index (χ0) is 14.9. The largest absolute Gasteiger partial charge is 0.462 e. The molecule has 0 amide bonds. The highest BCUT2D eigenvalue weighted by Crippen LogP contribution is 2.40. The first-order valence-electron chi connectivity index (χ1n) is 6.28. The summed E-state index contributed by atoms with van der Waals surface area (Å²) in [6.07, 6.45) is 0. The molecule has 5 heteroatoms. The Morgan fingerprint density at radius 3 is 2.70 bits per heavy atom. The molecule has 1 aromatic heterocycles. The van der Waals surface area contributed by atoms with Crippen molar-refractivity contribution >= 4 is 38.9 Å². The molecular weight excluding hydrogens is 338 g/mol. The van der Waals surface area contributed by atoms with Crippen LogP contribution in [-0.4, -0.2) is 12.6 Å². The Morgan fingerprint density at radius 2 is 2.10 bits per heavy atom. The summed E-state index contributed by atoms with van der Waals surface area (Å²) in [7, 11) is 0. The lowest BCUT2D eigenvalue weighted by atomic mass is 10.0. The average molecular weight is 354 g/mol. The van der Waals surface area contributed by atoms with Crippen LogP contribution < -0.4 is 5.73 Å². The van der Waals surface area contributed by atoms with Gasteiger partial charge in [-0.2, -0.15) is 0 Å². The number of hydrogen-bond acceptors (Lipinski definition) is 4. The molecule has 0 aliphatic carbocycles.